The summed E-state index contributed by atoms with van der Waals surface area (Å²) >= 11 is 0. The first-order valence-electron chi connectivity index (χ1n) is 9.29. The van der Waals surface area contributed by atoms with Crippen molar-refractivity contribution in [2.75, 3.05) is 26.7 Å². The van der Waals surface area contributed by atoms with Gasteiger partial charge in [0.15, 0.2) is 0 Å². The minimum absolute atomic E-state index is 0.141. The maximum atomic E-state index is 12.8. The molecule has 0 saturated carbocycles. The van der Waals surface area contributed by atoms with Crippen molar-refractivity contribution in [2.45, 2.75) is 51.0 Å². The van der Waals surface area contributed by atoms with Gasteiger partial charge >= 0.3 is 0 Å². The Morgan fingerprint density at radius 1 is 1.20 bits per heavy atom. The summed E-state index contributed by atoms with van der Waals surface area (Å²) in [6.07, 6.45) is 4.99. The zero-order valence-corrected chi connectivity index (χ0v) is 15.3. The molecule has 3 rings (SSSR count). The second-order valence-corrected chi connectivity index (χ2v) is 7.16. The van der Waals surface area contributed by atoms with Crippen LogP contribution in [0.3, 0.4) is 0 Å². The predicted octanol–water partition coefficient (Wildman–Crippen LogP) is 2.63. The standard InChI is InChI=1S/C20H28N2O3/c1-3-22-18(23)6-4-11-20(22)12-5-13-21(15-20)19(24)14-16-7-9-17(25-2)10-8-16/h7-10H,3-6,11-15H2,1-2H3. The fourth-order valence-corrected chi connectivity index (χ4v) is 4.39. The fraction of sp³-hybridized carbons (Fsp3) is 0.600. The molecule has 136 valence electrons. The summed E-state index contributed by atoms with van der Waals surface area (Å²) in [6.45, 7) is 4.26. The van der Waals surface area contributed by atoms with E-state index >= 15 is 0 Å². The van der Waals surface area contributed by atoms with Gasteiger partial charge in [0.2, 0.25) is 11.8 Å². The summed E-state index contributed by atoms with van der Waals surface area (Å²) in [6, 6.07) is 7.66. The molecule has 0 N–H and O–H groups in total. The number of carbonyl (C=O) groups is 2. The zero-order valence-electron chi connectivity index (χ0n) is 15.3. The van der Waals surface area contributed by atoms with Gasteiger partial charge in [0.1, 0.15) is 5.75 Å². The number of rotatable bonds is 4. The Morgan fingerprint density at radius 3 is 2.60 bits per heavy atom. The lowest BCUT2D eigenvalue weighted by Gasteiger charge is -2.52. The number of nitrogens with zero attached hydrogens (tertiary/aromatic N) is 2. The Kier molecular flexibility index (Phi) is 5.30. The van der Waals surface area contributed by atoms with Crippen molar-refractivity contribution in [3.05, 3.63) is 29.8 Å². The average Bonchev–Trinajstić information content (AvgIpc) is 2.62. The molecule has 2 aliphatic heterocycles. The molecule has 2 aliphatic rings. The number of methoxy groups -OCH3 is 1. The molecule has 1 aromatic rings. The molecule has 0 radical (unpaired) electrons. The first-order chi connectivity index (χ1) is 12.1. The van der Waals surface area contributed by atoms with E-state index in [2.05, 4.69) is 0 Å². The molecule has 25 heavy (non-hydrogen) atoms. The zero-order chi connectivity index (χ0) is 17.9. The van der Waals surface area contributed by atoms with Crippen molar-refractivity contribution < 1.29 is 14.3 Å². The lowest BCUT2D eigenvalue weighted by Crippen LogP contribution is -2.63. The van der Waals surface area contributed by atoms with E-state index in [0.717, 1.165) is 50.1 Å². The highest BCUT2D eigenvalue weighted by Crippen LogP contribution is 2.36. The van der Waals surface area contributed by atoms with E-state index in [1.54, 1.807) is 7.11 Å². The largest absolute Gasteiger partial charge is 0.497 e. The maximum Gasteiger partial charge on any atom is 0.227 e. The van der Waals surface area contributed by atoms with Gasteiger partial charge in [0.25, 0.3) is 0 Å². The van der Waals surface area contributed by atoms with Crippen LogP contribution in [0, 0.1) is 0 Å². The number of carbonyl (C=O) groups excluding carboxylic acids is 2. The van der Waals surface area contributed by atoms with Crippen molar-refractivity contribution in [3.63, 3.8) is 0 Å². The highest BCUT2D eigenvalue weighted by Gasteiger charge is 2.45. The molecule has 0 aromatic heterocycles. The molecule has 5 nitrogen and oxygen atoms in total. The van der Waals surface area contributed by atoms with Gasteiger partial charge in [0, 0.05) is 26.1 Å². The molecular formula is C20H28N2O3. The topological polar surface area (TPSA) is 49.9 Å². The van der Waals surface area contributed by atoms with E-state index < -0.39 is 0 Å². The summed E-state index contributed by atoms with van der Waals surface area (Å²) in [4.78, 5) is 29.2. The number of likely N-dealkylation sites (tertiary alicyclic amines) is 2. The van der Waals surface area contributed by atoms with Gasteiger partial charge in [-0.2, -0.15) is 0 Å². The number of amides is 2. The molecular weight excluding hydrogens is 316 g/mol. The maximum absolute atomic E-state index is 12.8. The van der Waals surface area contributed by atoms with E-state index in [9.17, 15) is 9.59 Å². The summed E-state index contributed by atoms with van der Waals surface area (Å²) < 4.78 is 5.17. The van der Waals surface area contributed by atoms with Crippen LogP contribution in [0.4, 0.5) is 0 Å². The smallest absolute Gasteiger partial charge is 0.227 e. The molecule has 1 atom stereocenters. The molecule has 2 amide bonds. The lowest BCUT2D eigenvalue weighted by molar-refractivity contribution is -0.150. The second-order valence-electron chi connectivity index (χ2n) is 7.16. The Morgan fingerprint density at radius 2 is 1.92 bits per heavy atom. The number of piperidine rings is 2. The quantitative estimate of drug-likeness (QED) is 0.844. The number of hydrogen-bond donors (Lipinski definition) is 0. The monoisotopic (exact) mass is 344 g/mol. The van der Waals surface area contributed by atoms with Gasteiger partial charge in [0.05, 0.1) is 19.1 Å². The van der Waals surface area contributed by atoms with Crippen LogP contribution in [0.5, 0.6) is 5.75 Å². The van der Waals surface area contributed by atoms with Crippen LogP contribution < -0.4 is 4.74 Å². The lowest BCUT2D eigenvalue weighted by atomic mass is 9.79. The predicted molar refractivity (Wildman–Crippen MR) is 96.5 cm³/mol. The summed E-state index contributed by atoms with van der Waals surface area (Å²) in [7, 11) is 1.64. The van der Waals surface area contributed by atoms with Crippen molar-refractivity contribution in [2.24, 2.45) is 0 Å². The van der Waals surface area contributed by atoms with E-state index in [1.807, 2.05) is 41.0 Å². The van der Waals surface area contributed by atoms with E-state index in [4.69, 9.17) is 4.74 Å². The van der Waals surface area contributed by atoms with Gasteiger partial charge < -0.3 is 14.5 Å². The Balaban J connectivity index is 1.69. The molecule has 5 heteroatoms. The third-order valence-corrected chi connectivity index (χ3v) is 5.65. The van der Waals surface area contributed by atoms with Crippen LogP contribution in [-0.2, 0) is 16.0 Å². The van der Waals surface area contributed by atoms with E-state index in [1.165, 1.54) is 0 Å². The van der Waals surface area contributed by atoms with Gasteiger partial charge in [-0.25, -0.2) is 0 Å². The summed E-state index contributed by atoms with van der Waals surface area (Å²) in [5.74, 6) is 1.20. The third kappa shape index (κ3) is 3.65. The molecule has 1 aromatic carbocycles. The number of benzene rings is 1. The average molecular weight is 344 g/mol. The minimum atomic E-state index is -0.141. The molecule has 2 heterocycles. The van der Waals surface area contributed by atoms with Crippen LogP contribution >= 0.6 is 0 Å². The number of ether oxygens (including phenoxy) is 1. The van der Waals surface area contributed by atoms with Gasteiger partial charge in [-0.15, -0.1) is 0 Å². The SMILES string of the molecule is CCN1C(=O)CCCC12CCCN(C(=O)Cc1ccc(OC)cc1)C2. The van der Waals surface area contributed by atoms with Crippen LogP contribution in [0.2, 0.25) is 0 Å². The molecule has 2 saturated heterocycles. The highest BCUT2D eigenvalue weighted by atomic mass is 16.5. The van der Waals surface area contributed by atoms with Crippen molar-refractivity contribution in [1.82, 2.24) is 9.80 Å². The van der Waals surface area contributed by atoms with E-state index in [0.29, 0.717) is 19.4 Å². The Bertz CT molecular complexity index is 624. The van der Waals surface area contributed by atoms with Gasteiger partial charge in [-0.3, -0.25) is 9.59 Å². The third-order valence-electron chi connectivity index (χ3n) is 5.65. The molecule has 0 bridgehead atoms. The number of hydrogen-bond acceptors (Lipinski definition) is 3. The fourth-order valence-electron chi connectivity index (χ4n) is 4.39. The highest BCUT2D eigenvalue weighted by molar-refractivity contribution is 5.80. The second kappa shape index (κ2) is 7.46. The molecule has 1 spiro atoms. The number of likely N-dealkylation sites (N-methyl/N-ethyl adjacent to an activating group) is 1. The van der Waals surface area contributed by atoms with Crippen molar-refractivity contribution in [3.8, 4) is 5.75 Å². The molecule has 1 unspecified atom stereocenters. The van der Waals surface area contributed by atoms with Crippen LogP contribution in [-0.4, -0.2) is 53.9 Å². The van der Waals surface area contributed by atoms with E-state index in [-0.39, 0.29) is 17.4 Å². The van der Waals surface area contributed by atoms with Gasteiger partial charge in [-0.05, 0) is 50.3 Å². The van der Waals surface area contributed by atoms with Gasteiger partial charge in [-0.1, -0.05) is 12.1 Å². The molecule has 2 fully saturated rings. The molecule has 0 aliphatic carbocycles. The normalized spacial score (nSPS) is 23.8. The van der Waals surface area contributed by atoms with Crippen molar-refractivity contribution in [1.29, 1.82) is 0 Å². The van der Waals surface area contributed by atoms with Crippen LogP contribution in [0.15, 0.2) is 24.3 Å². The van der Waals surface area contributed by atoms with Crippen molar-refractivity contribution >= 4 is 11.8 Å². The first kappa shape index (κ1) is 17.8. The Labute approximate surface area is 149 Å². The first-order valence-corrected chi connectivity index (χ1v) is 9.29. The van der Waals surface area contributed by atoms with Crippen LogP contribution in [0.25, 0.3) is 0 Å². The summed E-state index contributed by atoms with van der Waals surface area (Å²) in [5, 5.41) is 0. The Hall–Kier alpha value is -2.04. The van der Waals surface area contributed by atoms with Crippen LogP contribution in [0.1, 0.15) is 44.6 Å². The summed E-state index contributed by atoms with van der Waals surface area (Å²) in [5.41, 5.74) is 0.857. The minimum Gasteiger partial charge on any atom is -0.497 e.